The molecule has 1 heterocycles. The first-order valence-corrected chi connectivity index (χ1v) is 9.12. The summed E-state index contributed by atoms with van der Waals surface area (Å²) in [6, 6.07) is 5.90. The Kier molecular flexibility index (Phi) is 5.79. The van der Waals surface area contributed by atoms with Crippen molar-refractivity contribution in [2.75, 3.05) is 39.8 Å². The van der Waals surface area contributed by atoms with Gasteiger partial charge in [0.25, 0.3) is 5.91 Å². The standard InChI is InChI=1S/C15H21N3O5S/c1-3-23-15(20)18-9-7-17(8-10-18)14(19)12-5-4-6-13(11-12)24(21,22)16-2/h4-6,11,16H,3,7-10H2,1-2H3. The van der Waals surface area contributed by atoms with Crippen LogP contribution in [0.2, 0.25) is 0 Å². The van der Waals surface area contributed by atoms with E-state index in [0.717, 1.165) is 0 Å². The topological polar surface area (TPSA) is 96.0 Å². The molecule has 24 heavy (non-hydrogen) atoms. The van der Waals surface area contributed by atoms with Crippen LogP contribution in [0.5, 0.6) is 0 Å². The Hall–Kier alpha value is -2.13. The molecule has 1 aromatic rings. The number of carbonyl (C=O) groups is 2. The molecular formula is C15H21N3O5S. The molecule has 1 N–H and O–H groups in total. The summed E-state index contributed by atoms with van der Waals surface area (Å²) in [6.45, 7) is 3.58. The number of benzene rings is 1. The zero-order chi connectivity index (χ0) is 17.7. The SMILES string of the molecule is CCOC(=O)N1CCN(C(=O)c2cccc(S(=O)(=O)NC)c2)CC1. The molecule has 1 aliphatic rings. The van der Waals surface area contributed by atoms with Crippen molar-refractivity contribution >= 4 is 22.0 Å². The molecule has 0 saturated carbocycles. The molecule has 1 aromatic carbocycles. The van der Waals surface area contributed by atoms with Crippen molar-refractivity contribution in [1.82, 2.24) is 14.5 Å². The van der Waals surface area contributed by atoms with E-state index in [2.05, 4.69) is 4.72 Å². The summed E-state index contributed by atoms with van der Waals surface area (Å²) in [5.41, 5.74) is 0.302. The lowest BCUT2D eigenvalue weighted by Gasteiger charge is -2.34. The van der Waals surface area contributed by atoms with Gasteiger partial charge in [0.2, 0.25) is 10.0 Å². The number of carbonyl (C=O) groups excluding carboxylic acids is 2. The molecule has 9 heteroatoms. The number of amides is 2. The van der Waals surface area contributed by atoms with Crippen LogP contribution in [-0.2, 0) is 14.8 Å². The molecule has 1 fully saturated rings. The normalized spacial score (nSPS) is 15.2. The van der Waals surface area contributed by atoms with Crippen LogP contribution in [-0.4, -0.2) is 70.1 Å². The van der Waals surface area contributed by atoms with Crippen molar-refractivity contribution in [2.45, 2.75) is 11.8 Å². The van der Waals surface area contributed by atoms with Gasteiger partial charge in [0, 0.05) is 31.7 Å². The molecule has 0 atom stereocenters. The quantitative estimate of drug-likeness (QED) is 0.849. The molecule has 2 amide bonds. The van der Waals surface area contributed by atoms with Gasteiger partial charge in [-0.05, 0) is 32.2 Å². The summed E-state index contributed by atoms with van der Waals surface area (Å²) in [5.74, 6) is -0.258. The summed E-state index contributed by atoms with van der Waals surface area (Å²) in [6.07, 6.45) is -0.383. The number of nitrogens with one attached hydrogen (secondary N) is 1. The molecule has 0 aliphatic carbocycles. The van der Waals surface area contributed by atoms with Crippen LogP contribution >= 0.6 is 0 Å². The van der Waals surface area contributed by atoms with Crippen molar-refractivity contribution in [3.8, 4) is 0 Å². The Morgan fingerprint density at radius 2 is 1.79 bits per heavy atom. The second-order valence-corrected chi connectivity index (χ2v) is 7.10. The Labute approximate surface area is 141 Å². The van der Waals surface area contributed by atoms with Crippen LogP contribution in [0.4, 0.5) is 4.79 Å². The molecule has 132 valence electrons. The monoisotopic (exact) mass is 355 g/mol. The molecule has 8 nitrogen and oxygen atoms in total. The van der Waals surface area contributed by atoms with E-state index in [-0.39, 0.29) is 16.9 Å². The van der Waals surface area contributed by atoms with E-state index < -0.39 is 10.0 Å². The van der Waals surface area contributed by atoms with Crippen molar-refractivity contribution in [3.63, 3.8) is 0 Å². The van der Waals surface area contributed by atoms with Crippen LogP contribution < -0.4 is 4.72 Å². The number of ether oxygens (including phenoxy) is 1. The van der Waals surface area contributed by atoms with Gasteiger partial charge < -0.3 is 14.5 Å². The second kappa shape index (κ2) is 7.63. The Bertz CT molecular complexity index is 712. The molecule has 0 radical (unpaired) electrons. The smallest absolute Gasteiger partial charge is 0.409 e. The Balaban J connectivity index is 2.06. The average molecular weight is 355 g/mol. The number of piperazine rings is 1. The van der Waals surface area contributed by atoms with Gasteiger partial charge in [0.1, 0.15) is 0 Å². The fourth-order valence-corrected chi connectivity index (χ4v) is 3.18. The van der Waals surface area contributed by atoms with Crippen LogP contribution in [0.3, 0.4) is 0 Å². The van der Waals surface area contributed by atoms with E-state index in [4.69, 9.17) is 4.74 Å². The minimum Gasteiger partial charge on any atom is -0.450 e. The summed E-state index contributed by atoms with van der Waals surface area (Å²) in [4.78, 5) is 27.4. The highest BCUT2D eigenvalue weighted by atomic mass is 32.2. The van der Waals surface area contributed by atoms with Crippen molar-refractivity contribution < 1.29 is 22.7 Å². The molecule has 0 spiro atoms. The summed E-state index contributed by atoms with van der Waals surface area (Å²) >= 11 is 0. The summed E-state index contributed by atoms with van der Waals surface area (Å²) in [7, 11) is -2.28. The van der Waals surface area contributed by atoms with Crippen LogP contribution in [0, 0.1) is 0 Å². The molecule has 0 aromatic heterocycles. The Morgan fingerprint density at radius 1 is 1.17 bits per heavy atom. The van der Waals surface area contributed by atoms with Crippen LogP contribution in [0.25, 0.3) is 0 Å². The van der Waals surface area contributed by atoms with Gasteiger partial charge in [-0.3, -0.25) is 4.79 Å². The lowest BCUT2D eigenvalue weighted by molar-refractivity contribution is 0.0570. The van der Waals surface area contributed by atoms with Gasteiger partial charge >= 0.3 is 6.09 Å². The molecule has 0 unspecified atom stereocenters. The first kappa shape index (κ1) is 18.2. The fraction of sp³-hybridized carbons (Fsp3) is 0.467. The number of hydrogen-bond donors (Lipinski definition) is 1. The number of sulfonamides is 1. The van der Waals surface area contributed by atoms with Crippen molar-refractivity contribution in [3.05, 3.63) is 29.8 Å². The maximum Gasteiger partial charge on any atom is 0.409 e. The zero-order valence-corrected chi connectivity index (χ0v) is 14.5. The van der Waals surface area contributed by atoms with Crippen LogP contribution in [0.1, 0.15) is 17.3 Å². The molecular weight excluding hydrogens is 334 g/mol. The summed E-state index contributed by atoms with van der Waals surface area (Å²) in [5, 5.41) is 0. The third-order valence-electron chi connectivity index (χ3n) is 3.75. The number of hydrogen-bond acceptors (Lipinski definition) is 5. The highest BCUT2D eigenvalue weighted by Crippen LogP contribution is 2.14. The zero-order valence-electron chi connectivity index (χ0n) is 13.7. The average Bonchev–Trinajstić information content (AvgIpc) is 2.61. The molecule has 0 bridgehead atoms. The number of nitrogens with zero attached hydrogens (tertiary/aromatic N) is 2. The Morgan fingerprint density at radius 3 is 2.38 bits per heavy atom. The van der Waals surface area contributed by atoms with Crippen molar-refractivity contribution in [1.29, 1.82) is 0 Å². The molecule has 2 rings (SSSR count). The largest absolute Gasteiger partial charge is 0.450 e. The van der Waals surface area contributed by atoms with Crippen LogP contribution in [0.15, 0.2) is 29.2 Å². The predicted octanol–water partition coefficient (Wildman–Crippen LogP) is 0.509. The first-order valence-electron chi connectivity index (χ1n) is 7.63. The van der Waals surface area contributed by atoms with Gasteiger partial charge in [-0.2, -0.15) is 0 Å². The van der Waals surface area contributed by atoms with Gasteiger partial charge in [0.05, 0.1) is 11.5 Å². The van der Waals surface area contributed by atoms with Gasteiger partial charge in [-0.15, -0.1) is 0 Å². The van der Waals surface area contributed by atoms with E-state index in [9.17, 15) is 18.0 Å². The lowest BCUT2D eigenvalue weighted by atomic mass is 10.2. The number of rotatable bonds is 4. The van der Waals surface area contributed by atoms with Gasteiger partial charge in [-0.1, -0.05) is 6.07 Å². The van der Waals surface area contributed by atoms with E-state index in [1.165, 1.54) is 25.2 Å². The maximum atomic E-state index is 12.5. The lowest BCUT2D eigenvalue weighted by Crippen LogP contribution is -2.50. The third kappa shape index (κ3) is 4.04. The van der Waals surface area contributed by atoms with E-state index in [1.54, 1.807) is 22.8 Å². The van der Waals surface area contributed by atoms with Crippen molar-refractivity contribution in [2.24, 2.45) is 0 Å². The fourth-order valence-electron chi connectivity index (χ4n) is 2.40. The second-order valence-electron chi connectivity index (χ2n) is 5.21. The maximum absolute atomic E-state index is 12.5. The molecule has 1 aliphatic heterocycles. The summed E-state index contributed by atoms with van der Waals surface area (Å²) < 4.78 is 30.8. The van der Waals surface area contributed by atoms with E-state index in [0.29, 0.717) is 38.3 Å². The van der Waals surface area contributed by atoms with E-state index >= 15 is 0 Å². The first-order chi connectivity index (χ1) is 11.4. The minimum absolute atomic E-state index is 0.0426. The minimum atomic E-state index is -3.60. The highest BCUT2D eigenvalue weighted by molar-refractivity contribution is 7.89. The predicted molar refractivity (Wildman–Crippen MR) is 87.2 cm³/mol. The molecule has 1 saturated heterocycles. The van der Waals surface area contributed by atoms with E-state index in [1.807, 2.05) is 0 Å². The van der Waals surface area contributed by atoms with Gasteiger partial charge in [0.15, 0.2) is 0 Å². The van der Waals surface area contributed by atoms with Gasteiger partial charge in [-0.25, -0.2) is 17.9 Å². The third-order valence-corrected chi connectivity index (χ3v) is 5.16. The highest BCUT2D eigenvalue weighted by Gasteiger charge is 2.26.